The average molecular weight is 340 g/mol. The molecule has 0 aliphatic carbocycles. The fourth-order valence-corrected chi connectivity index (χ4v) is 2.77. The van der Waals surface area contributed by atoms with E-state index in [0.29, 0.717) is 5.92 Å². The first-order chi connectivity index (χ1) is 12.0. The van der Waals surface area contributed by atoms with Crippen molar-refractivity contribution in [2.75, 3.05) is 29.9 Å². The Labute approximate surface area is 150 Å². The van der Waals surface area contributed by atoms with Gasteiger partial charge in [-0.15, -0.1) is 0 Å². The fraction of sp³-hybridized carbons (Fsp3) is 0.381. The van der Waals surface area contributed by atoms with Crippen molar-refractivity contribution in [2.24, 2.45) is 0 Å². The summed E-state index contributed by atoms with van der Waals surface area (Å²) < 4.78 is 5.71. The molecular formula is C21H28N2O2. The maximum atomic E-state index is 12.2. The topological polar surface area (TPSA) is 41.6 Å². The van der Waals surface area contributed by atoms with Crippen LogP contribution in [0.3, 0.4) is 0 Å². The Hall–Kier alpha value is -2.49. The van der Waals surface area contributed by atoms with Crippen LogP contribution in [-0.2, 0) is 4.79 Å². The minimum Gasteiger partial charge on any atom is -0.483 e. The Morgan fingerprint density at radius 1 is 1.04 bits per heavy atom. The van der Waals surface area contributed by atoms with Crippen LogP contribution < -0.4 is 15.0 Å². The third-order valence-corrected chi connectivity index (χ3v) is 4.18. The normalized spacial score (nSPS) is 10.6. The van der Waals surface area contributed by atoms with Crippen molar-refractivity contribution in [3.63, 3.8) is 0 Å². The van der Waals surface area contributed by atoms with Crippen molar-refractivity contribution in [1.82, 2.24) is 0 Å². The molecule has 2 rings (SSSR count). The minimum atomic E-state index is -0.158. The van der Waals surface area contributed by atoms with Crippen LogP contribution in [0, 0.1) is 0 Å². The van der Waals surface area contributed by atoms with E-state index in [1.165, 1.54) is 0 Å². The fourth-order valence-electron chi connectivity index (χ4n) is 2.77. The zero-order valence-corrected chi connectivity index (χ0v) is 15.6. The van der Waals surface area contributed by atoms with Crippen LogP contribution in [0.25, 0.3) is 0 Å². The van der Waals surface area contributed by atoms with E-state index in [1.54, 1.807) is 0 Å². The number of benzene rings is 2. The summed E-state index contributed by atoms with van der Waals surface area (Å²) in [4.78, 5) is 14.4. The Morgan fingerprint density at radius 3 is 2.28 bits per heavy atom. The number of para-hydroxylation sites is 1. The first-order valence-corrected chi connectivity index (χ1v) is 8.91. The largest absolute Gasteiger partial charge is 0.483 e. The summed E-state index contributed by atoms with van der Waals surface area (Å²) in [7, 11) is 0. The minimum absolute atomic E-state index is 0.00152. The zero-order chi connectivity index (χ0) is 18.2. The van der Waals surface area contributed by atoms with E-state index >= 15 is 0 Å². The summed E-state index contributed by atoms with van der Waals surface area (Å²) in [6.45, 7) is 10.4. The molecule has 0 unspecified atom stereocenters. The molecule has 2 aromatic carbocycles. The van der Waals surface area contributed by atoms with Gasteiger partial charge in [0.25, 0.3) is 5.91 Å². The number of amides is 1. The lowest BCUT2D eigenvalue weighted by atomic mass is 10.0. The number of hydrogen-bond acceptors (Lipinski definition) is 3. The monoisotopic (exact) mass is 340 g/mol. The summed E-state index contributed by atoms with van der Waals surface area (Å²) in [5, 5.41) is 2.88. The highest BCUT2D eigenvalue weighted by atomic mass is 16.5. The number of nitrogens with one attached hydrogen (secondary N) is 1. The molecule has 2 aromatic rings. The second-order valence-corrected chi connectivity index (χ2v) is 6.25. The second kappa shape index (κ2) is 9.11. The molecule has 1 N–H and O–H groups in total. The van der Waals surface area contributed by atoms with Gasteiger partial charge in [0, 0.05) is 24.5 Å². The number of ether oxygens (including phenoxy) is 1. The molecule has 4 heteroatoms. The van der Waals surface area contributed by atoms with Gasteiger partial charge in [-0.2, -0.15) is 0 Å². The van der Waals surface area contributed by atoms with Crippen LogP contribution in [-0.4, -0.2) is 25.6 Å². The van der Waals surface area contributed by atoms with Crippen molar-refractivity contribution < 1.29 is 9.53 Å². The summed E-state index contributed by atoms with van der Waals surface area (Å²) in [6, 6.07) is 15.7. The average Bonchev–Trinajstić information content (AvgIpc) is 2.62. The van der Waals surface area contributed by atoms with Gasteiger partial charge in [0.05, 0.1) is 0 Å². The molecule has 0 fully saturated rings. The van der Waals surface area contributed by atoms with Crippen LogP contribution in [0.2, 0.25) is 0 Å². The molecule has 0 saturated heterocycles. The zero-order valence-electron chi connectivity index (χ0n) is 15.6. The lowest BCUT2D eigenvalue weighted by molar-refractivity contribution is -0.118. The Kier molecular flexibility index (Phi) is 6.87. The molecule has 4 nitrogen and oxygen atoms in total. The highest BCUT2D eigenvalue weighted by Crippen LogP contribution is 2.25. The Balaban J connectivity index is 1.92. The summed E-state index contributed by atoms with van der Waals surface area (Å²) in [5.41, 5.74) is 3.05. The molecule has 25 heavy (non-hydrogen) atoms. The molecule has 0 aliphatic heterocycles. The van der Waals surface area contributed by atoms with Crippen LogP contribution in [0.1, 0.15) is 39.2 Å². The van der Waals surface area contributed by atoms with Crippen LogP contribution in [0.4, 0.5) is 11.4 Å². The van der Waals surface area contributed by atoms with Gasteiger partial charge in [-0.25, -0.2) is 0 Å². The molecule has 0 atom stereocenters. The van der Waals surface area contributed by atoms with Crippen molar-refractivity contribution in [3.05, 3.63) is 54.1 Å². The van der Waals surface area contributed by atoms with E-state index in [2.05, 4.69) is 37.9 Å². The van der Waals surface area contributed by atoms with Gasteiger partial charge in [-0.1, -0.05) is 32.0 Å². The molecule has 0 spiro atoms. The van der Waals surface area contributed by atoms with Gasteiger partial charge in [0.15, 0.2) is 6.61 Å². The van der Waals surface area contributed by atoms with Crippen molar-refractivity contribution in [3.8, 4) is 5.75 Å². The van der Waals surface area contributed by atoms with E-state index in [1.807, 2.05) is 48.5 Å². The molecule has 0 radical (unpaired) electrons. The number of hydrogen-bond donors (Lipinski definition) is 1. The molecule has 0 heterocycles. The molecule has 134 valence electrons. The van der Waals surface area contributed by atoms with E-state index in [0.717, 1.165) is 35.8 Å². The number of carbonyl (C=O) groups excluding carboxylic acids is 1. The number of anilines is 2. The second-order valence-electron chi connectivity index (χ2n) is 6.25. The third kappa shape index (κ3) is 5.24. The SMILES string of the molecule is CCN(CC)c1ccc(NC(=O)COc2ccccc2C(C)C)cc1. The van der Waals surface area contributed by atoms with Gasteiger partial charge in [0.2, 0.25) is 0 Å². The predicted octanol–water partition coefficient (Wildman–Crippen LogP) is 4.67. The highest BCUT2D eigenvalue weighted by Gasteiger charge is 2.09. The van der Waals surface area contributed by atoms with Crippen molar-refractivity contribution in [1.29, 1.82) is 0 Å². The summed E-state index contributed by atoms with van der Waals surface area (Å²) >= 11 is 0. The smallest absolute Gasteiger partial charge is 0.262 e. The van der Waals surface area contributed by atoms with E-state index in [4.69, 9.17) is 4.74 Å². The molecular weight excluding hydrogens is 312 g/mol. The summed E-state index contributed by atoms with van der Waals surface area (Å²) in [6.07, 6.45) is 0. The third-order valence-electron chi connectivity index (χ3n) is 4.18. The van der Waals surface area contributed by atoms with E-state index in [9.17, 15) is 4.79 Å². The van der Waals surface area contributed by atoms with Gasteiger partial charge < -0.3 is 15.0 Å². The van der Waals surface area contributed by atoms with E-state index in [-0.39, 0.29) is 12.5 Å². The number of carbonyl (C=O) groups is 1. The van der Waals surface area contributed by atoms with Gasteiger partial charge in [0.1, 0.15) is 5.75 Å². The Bertz CT molecular complexity index is 677. The van der Waals surface area contributed by atoms with Gasteiger partial charge >= 0.3 is 0 Å². The molecule has 0 bridgehead atoms. The first kappa shape index (κ1) is 18.8. The maximum Gasteiger partial charge on any atom is 0.262 e. The van der Waals surface area contributed by atoms with Crippen LogP contribution in [0.5, 0.6) is 5.75 Å². The van der Waals surface area contributed by atoms with E-state index < -0.39 is 0 Å². The standard InChI is InChI=1S/C21H28N2O2/c1-5-23(6-2)18-13-11-17(12-14-18)22-21(24)15-25-20-10-8-7-9-19(20)16(3)4/h7-14,16H,5-6,15H2,1-4H3,(H,22,24). The number of rotatable bonds is 8. The molecule has 0 aliphatic rings. The molecule has 1 amide bonds. The molecule has 0 aromatic heterocycles. The van der Waals surface area contributed by atoms with Crippen LogP contribution >= 0.6 is 0 Å². The Morgan fingerprint density at radius 2 is 1.68 bits per heavy atom. The lowest BCUT2D eigenvalue weighted by Crippen LogP contribution is -2.22. The van der Waals surface area contributed by atoms with Gasteiger partial charge in [-0.3, -0.25) is 4.79 Å². The van der Waals surface area contributed by atoms with Crippen LogP contribution in [0.15, 0.2) is 48.5 Å². The quantitative estimate of drug-likeness (QED) is 0.759. The molecule has 0 saturated carbocycles. The lowest BCUT2D eigenvalue weighted by Gasteiger charge is -2.21. The van der Waals surface area contributed by atoms with Crippen molar-refractivity contribution in [2.45, 2.75) is 33.6 Å². The maximum absolute atomic E-state index is 12.2. The first-order valence-electron chi connectivity index (χ1n) is 8.91. The van der Waals surface area contributed by atoms with Gasteiger partial charge in [-0.05, 0) is 55.7 Å². The predicted molar refractivity (Wildman–Crippen MR) is 105 cm³/mol. The number of nitrogens with zero attached hydrogens (tertiary/aromatic N) is 1. The highest BCUT2D eigenvalue weighted by molar-refractivity contribution is 5.92. The van der Waals surface area contributed by atoms with Crippen molar-refractivity contribution >= 4 is 17.3 Å². The summed E-state index contributed by atoms with van der Waals surface area (Å²) in [5.74, 6) is 0.963.